The quantitative estimate of drug-likeness (QED) is 0.560. The zero-order chi connectivity index (χ0) is 5.86. The summed E-state index contributed by atoms with van der Waals surface area (Å²) in [5.74, 6) is 0.113. The van der Waals surface area contributed by atoms with Crippen molar-refractivity contribution in [3.8, 4) is 0 Å². The Morgan fingerprint density at radius 3 is 2.12 bits per heavy atom. The Morgan fingerprint density at radius 2 is 2.12 bits per heavy atom. The normalized spacial score (nSPS) is 11.9. The van der Waals surface area contributed by atoms with Crippen molar-refractivity contribution in [2.24, 2.45) is 0 Å². The van der Waals surface area contributed by atoms with Crippen molar-refractivity contribution >= 4 is 29.8 Å². The summed E-state index contributed by atoms with van der Waals surface area (Å²) < 4.78 is 0. The largest absolute Gasteiger partial charge is 0.298 e. The Bertz CT molecular complexity index is 70.8. The van der Waals surface area contributed by atoms with Crippen molar-refractivity contribution in [3.63, 3.8) is 0 Å². The lowest BCUT2D eigenvalue weighted by molar-refractivity contribution is -0.118. The lowest BCUT2D eigenvalue weighted by Gasteiger charge is -1.93. The first kappa shape index (κ1) is 11.1. The van der Waals surface area contributed by atoms with E-state index in [1.54, 1.807) is 13.8 Å². The van der Waals surface area contributed by atoms with Crippen LogP contribution in [-0.2, 0) is 4.79 Å². The second-order valence-corrected chi connectivity index (χ2v) is 2.09. The molecule has 0 aromatic rings. The molecule has 0 amide bonds. The third-order valence-corrected chi connectivity index (χ3v) is 1.04. The van der Waals surface area contributed by atoms with E-state index in [1.807, 2.05) is 0 Å². The number of halogens is 2. The topological polar surface area (TPSA) is 17.1 Å². The summed E-state index contributed by atoms with van der Waals surface area (Å²) in [4.78, 5) is 10.4. The number of hydrogen-bond donors (Lipinski definition) is 0. The van der Waals surface area contributed by atoms with E-state index in [4.69, 9.17) is 11.6 Å². The lowest BCUT2D eigenvalue weighted by atomic mass is 10.2. The molecule has 1 atom stereocenters. The van der Waals surface area contributed by atoms with Crippen LogP contribution in [-0.4, -0.2) is 11.2 Å². The summed E-state index contributed by atoms with van der Waals surface area (Å²) >= 11 is 5.38. The highest BCUT2D eigenvalue weighted by Gasteiger charge is 2.03. The van der Waals surface area contributed by atoms with Gasteiger partial charge in [0.25, 0.3) is 0 Å². The van der Waals surface area contributed by atoms with Crippen molar-refractivity contribution < 1.29 is 4.79 Å². The average molecular weight is 157 g/mol. The van der Waals surface area contributed by atoms with Gasteiger partial charge in [-0.3, -0.25) is 4.79 Å². The average Bonchev–Trinajstić information content (AvgIpc) is 1.65. The monoisotopic (exact) mass is 156 g/mol. The first-order valence-electron chi connectivity index (χ1n) is 2.35. The van der Waals surface area contributed by atoms with E-state index in [0.29, 0.717) is 6.42 Å². The predicted octanol–water partition coefficient (Wildman–Crippen LogP) is 2.01. The highest BCUT2D eigenvalue weighted by molar-refractivity contribution is 6.30. The number of Topliss-reactive ketones (excluding diaryl/α,β-unsaturated/α-hetero) is 1. The molecule has 0 saturated heterocycles. The van der Waals surface area contributed by atoms with Crippen molar-refractivity contribution in [1.29, 1.82) is 0 Å². The molecular weight excluding hydrogens is 147 g/mol. The van der Waals surface area contributed by atoms with Gasteiger partial charge in [0.15, 0.2) is 0 Å². The lowest BCUT2D eigenvalue weighted by Crippen LogP contribution is -2.06. The third-order valence-electron chi connectivity index (χ3n) is 0.792. The number of carbonyl (C=O) groups excluding carboxylic acids is 1. The summed E-state index contributed by atoms with van der Waals surface area (Å²) in [6.07, 6.45) is 0.546. The molecule has 8 heavy (non-hydrogen) atoms. The molecule has 0 bridgehead atoms. The third kappa shape index (κ3) is 4.41. The van der Waals surface area contributed by atoms with Crippen LogP contribution in [0.4, 0.5) is 0 Å². The SMILES string of the molecule is CCC(=O)C(C)Cl.Cl. The van der Waals surface area contributed by atoms with E-state index in [-0.39, 0.29) is 23.6 Å². The maximum absolute atomic E-state index is 10.4. The number of ketones is 1. The fourth-order valence-corrected chi connectivity index (χ4v) is 0.436. The van der Waals surface area contributed by atoms with Crippen molar-refractivity contribution in [2.75, 3.05) is 0 Å². The van der Waals surface area contributed by atoms with Gasteiger partial charge in [0, 0.05) is 6.42 Å². The molecule has 1 unspecified atom stereocenters. The van der Waals surface area contributed by atoms with E-state index in [1.165, 1.54) is 0 Å². The Labute approximate surface area is 60.8 Å². The molecule has 0 saturated carbocycles. The Morgan fingerprint density at radius 1 is 1.75 bits per heavy atom. The smallest absolute Gasteiger partial charge is 0.150 e. The first-order chi connectivity index (χ1) is 3.18. The van der Waals surface area contributed by atoms with Gasteiger partial charge >= 0.3 is 0 Å². The maximum Gasteiger partial charge on any atom is 0.150 e. The Balaban J connectivity index is 0. The number of alkyl halides is 1. The van der Waals surface area contributed by atoms with Crippen LogP contribution < -0.4 is 0 Å². The van der Waals surface area contributed by atoms with Crippen LogP contribution in [0.25, 0.3) is 0 Å². The molecule has 0 aliphatic heterocycles. The summed E-state index contributed by atoms with van der Waals surface area (Å²) in [7, 11) is 0. The van der Waals surface area contributed by atoms with Crippen molar-refractivity contribution in [1.82, 2.24) is 0 Å². The molecule has 0 aromatic heterocycles. The van der Waals surface area contributed by atoms with Crippen molar-refractivity contribution in [3.05, 3.63) is 0 Å². The Kier molecular flexibility index (Phi) is 7.48. The van der Waals surface area contributed by atoms with Crippen LogP contribution in [0.15, 0.2) is 0 Å². The molecule has 0 heterocycles. The zero-order valence-corrected chi connectivity index (χ0v) is 6.55. The van der Waals surface area contributed by atoms with E-state index in [9.17, 15) is 4.79 Å². The maximum atomic E-state index is 10.4. The van der Waals surface area contributed by atoms with Crippen LogP contribution >= 0.6 is 24.0 Å². The van der Waals surface area contributed by atoms with Crippen molar-refractivity contribution in [2.45, 2.75) is 25.6 Å². The number of hydrogen-bond acceptors (Lipinski definition) is 1. The standard InChI is InChI=1S/C5H9ClO.ClH/c1-3-5(7)4(2)6;/h4H,3H2,1-2H3;1H. The summed E-state index contributed by atoms with van der Waals surface area (Å²) in [5, 5.41) is -0.301. The molecule has 0 spiro atoms. The minimum absolute atomic E-state index is 0. The van der Waals surface area contributed by atoms with Gasteiger partial charge in [-0.1, -0.05) is 6.92 Å². The van der Waals surface area contributed by atoms with E-state index < -0.39 is 0 Å². The molecular formula is C5H10Cl2O. The molecule has 0 fully saturated rings. The minimum atomic E-state index is -0.301. The van der Waals surface area contributed by atoms with Gasteiger partial charge < -0.3 is 0 Å². The minimum Gasteiger partial charge on any atom is -0.298 e. The summed E-state index contributed by atoms with van der Waals surface area (Å²) in [6, 6.07) is 0. The van der Waals surface area contributed by atoms with Crippen LogP contribution in [0.2, 0.25) is 0 Å². The number of carbonyl (C=O) groups is 1. The Hall–Kier alpha value is 0.250. The molecule has 0 aromatic carbocycles. The molecule has 50 valence electrons. The van der Waals surface area contributed by atoms with Gasteiger partial charge in [-0.2, -0.15) is 0 Å². The highest BCUT2D eigenvalue weighted by Crippen LogP contribution is 1.96. The highest BCUT2D eigenvalue weighted by atomic mass is 35.5. The zero-order valence-electron chi connectivity index (χ0n) is 4.98. The van der Waals surface area contributed by atoms with Crippen LogP contribution in [0, 0.1) is 0 Å². The van der Waals surface area contributed by atoms with Crippen LogP contribution in [0.3, 0.4) is 0 Å². The first-order valence-corrected chi connectivity index (χ1v) is 2.79. The summed E-state index contributed by atoms with van der Waals surface area (Å²) in [5.41, 5.74) is 0. The fourth-order valence-electron chi connectivity index (χ4n) is 0.281. The van der Waals surface area contributed by atoms with Gasteiger partial charge in [0.1, 0.15) is 5.78 Å². The molecule has 0 aliphatic rings. The van der Waals surface area contributed by atoms with Gasteiger partial charge in [0.05, 0.1) is 5.38 Å². The van der Waals surface area contributed by atoms with E-state index >= 15 is 0 Å². The van der Waals surface area contributed by atoms with Gasteiger partial charge in [0.2, 0.25) is 0 Å². The van der Waals surface area contributed by atoms with E-state index in [0.717, 1.165) is 0 Å². The van der Waals surface area contributed by atoms with Crippen LogP contribution in [0.1, 0.15) is 20.3 Å². The molecule has 0 radical (unpaired) electrons. The second kappa shape index (κ2) is 5.39. The number of rotatable bonds is 2. The van der Waals surface area contributed by atoms with Gasteiger partial charge in [-0.05, 0) is 6.92 Å². The molecule has 0 rings (SSSR count). The van der Waals surface area contributed by atoms with Gasteiger partial charge in [-0.25, -0.2) is 0 Å². The molecule has 0 aliphatic carbocycles. The van der Waals surface area contributed by atoms with E-state index in [2.05, 4.69) is 0 Å². The fraction of sp³-hybridized carbons (Fsp3) is 0.800. The molecule has 3 heteroatoms. The van der Waals surface area contributed by atoms with Crippen LogP contribution in [0.5, 0.6) is 0 Å². The predicted molar refractivity (Wildman–Crippen MR) is 37.9 cm³/mol. The van der Waals surface area contributed by atoms with Gasteiger partial charge in [-0.15, -0.1) is 24.0 Å². The summed E-state index contributed by atoms with van der Waals surface area (Å²) in [6.45, 7) is 3.49. The molecule has 0 N–H and O–H groups in total. The second-order valence-electron chi connectivity index (χ2n) is 1.44. The molecule has 1 nitrogen and oxygen atoms in total.